The van der Waals surface area contributed by atoms with Crippen molar-refractivity contribution in [2.75, 3.05) is 0 Å². The predicted molar refractivity (Wildman–Crippen MR) is 55.2 cm³/mol. The van der Waals surface area contributed by atoms with Crippen molar-refractivity contribution >= 4 is 0 Å². The molecule has 0 aromatic carbocycles. The van der Waals surface area contributed by atoms with Crippen LogP contribution >= 0.6 is 0 Å². The van der Waals surface area contributed by atoms with Gasteiger partial charge in [0.2, 0.25) is 0 Å². The van der Waals surface area contributed by atoms with E-state index in [0.29, 0.717) is 0 Å². The molecule has 1 aliphatic rings. The molecule has 0 amide bonds. The van der Waals surface area contributed by atoms with Crippen molar-refractivity contribution in [3.63, 3.8) is 0 Å². The highest BCUT2D eigenvalue weighted by Crippen LogP contribution is 2.27. The summed E-state index contributed by atoms with van der Waals surface area (Å²) in [5.41, 5.74) is 1.61. The van der Waals surface area contributed by atoms with Gasteiger partial charge >= 0.3 is 0 Å². The molecule has 0 saturated carbocycles. The second-order valence-electron chi connectivity index (χ2n) is 4.66. The fraction of sp³-hybridized carbons (Fsp3) is 0.833. The molecule has 0 heterocycles. The topological polar surface area (TPSA) is 0 Å². The Morgan fingerprint density at radius 2 is 2.25 bits per heavy atom. The first kappa shape index (κ1) is 9.83. The molecule has 0 radical (unpaired) electrons. The highest BCUT2D eigenvalue weighted by Gasteiger charge is 2.12. The van der Waals surface area contributed by atoms with Crippen LogP contribution in [0.1, 0.15) is 52.9 Å². The summed E-state index contributed by atoms with van der Waals surface area (Å²) in [7, 11) is 0. The highest BCUT2D eigenvalue weighted by atomic mass is 14.2. The van der Waals surface area contributed by atoms with Crippen LogP contribution in [0.25, 0.3) is 0 Å². The van der Waals surface area contributed by atoms with E-state index in [1.54, 1.807) is 5.57 Å². The van der Waals surface area contributed by atoms with E-state index in [-0.39, 0.29) is 0 Å². The van der Waals surface area contributed by atoms with Crippen molar-refractivity contribution in [1.82, 2.24) is 0 Å². The minimum Gasteiger partial charge on any atom is -0.0853 e. The monoisotopic (exact) mass is 166 g/mol. The molecular weight excluding hydrogens is 144 g/mol. The summed E-state index contributed by atoms with van der Waals surface area (Å²) in [5.74, 6) is 1.88. The first-order valence-corrected chi connectivity index (χ1v) is 5.34. The molecule has 0 aliphatic heterocycles. The van der Waals surface area contributed by atoms with Crippen LogP contribution < -0.4 is 0 Å². The number of rotatable bonds is 3. The predicted octanol–water partition coefficient (Wildman–Crippen LogP) is 4.17. The molecule has 1 atom stereocenters. The van der Waals surface area contributed by atoms with Gasteiger partial charge in [-0.2, -0.15) is 0 Å². The average molecular weight is 166 g/mol. The van der Waals surface area contributed by atoms with Crippen molar-refractivity contribution in [1.29, 1.82) is 0 Å². The minimum absolute atomic E-state index is 0.886. The molecule has 0 nitrogen and oxygen atoms in total. The van der Waals surface area contributed by atoms with Crippen LogP contribution in [-0.2, 0) is 0 Å². The van der Waals surface area contributed by atoms with E-state index in [9.17, 15) is 0 Å². The van der Waals surface area contributed by atoms with Crippen LogP contribution in [0.2, 0.25) is 0 Å². The third kappa shape index (κ3) is 3.42. The molecule has 1 rings (SSSR count). The standard InChI is InChI=1S/C12H22/c1-10(2)4-7-12-8-5-11(3)6-9-12/h5,10,12H,4,6-9H2,1-3H3. The largest absolute Gasteiger partial charge is 0.0853 e. The molecule has 12 heavy (non-hydrogen) atoms. The van der Waals surface area contributed by atoms with Crippen LogP contribution in [0.3, 0.4) is 0 Å². The van der Waals surface area contributed by atoms with Gasteiger partial charge in [-0.3, -0.25) is 0 Å². The Bertz CT molecular complexity index is 153. The van der Waals surface area contributed by atoms with Crippen molar-refractivity contribution in [3.05, 3.63) is 11.6 Å². The number of allylic oxidation sites excluding steroid dienone is 2. The Hall–Kier alpha value is -0.260. The van der Waals surface area contributed by atoms with Crippen LogP contribution in [0, 0.1) is 11.8 Å². The van der Waals surface area contributed by atoms with E-state index in [4.69, 9.17) is 0 Å². The second-order valence-corrected chi connectivity index (χ2v) is 4.66. The highest BCUT2D eigenvalue weighted by molar-refractivity contribution is 5.02. The smallest absolute Gasteiger partial charge is 0.0320 e. The molecule has 1 unspecified atom stereocenters. The van der Waals surface area contributed by atoms with E-state index < -0.39 is 0 Å². The zero-order valence-corrected chi connectivity index (χ0v) is 8.77. The summed E-state index contributed by atoms with van der Waals surface area (Å²) in [6, 6.07) is 0. The van der Waals surface area contributed by atoms with Crippen molar-refractivity contribution in [2.24, 2.45) is 11.8 Å². The zero-order valence-electron chi connectivity index (χ0n) is 8.77. The van der Waals surface area contributed by atoms with E-state index in [1.807, 2.05) is 0 Å². The average Bonchev–Trinajstić information content (AvgIpc) is 2.03. The number of hydrogen-bond donors (Lipinski definition) is 0. The van der Waals surface area contributed by atoms with Gasteiger partial charge in [0.05, 0.1) is 0 Å². The maximum atomic E-state index is 2.44. The van der Waals surface area contributed by atoms with E-state index >= 15 is 0 Å². The van der Waals surface area contributed by atoms with Gasteiger partial charge in [-0.05, 0) is 44.4 Å². The molecule has 0 spiro atoms. The summed E-state index contributed by atoms with van der Waals surface area (Å²) in [6.45, 7) is 6.91. The fourth-order valence-electron chi connectivity index (χ4n) is 1.85. The first-order valence-electron chi connectivity index (χ1n) is 5.34. The lowest BCUT2D eigenvalue weighted by Crippen LogP contribution is -2.05. The molecule has 0 N–H and O–H groups in total. The molecule has 0 bridgehead atoms. The first-order chi connectivity index (χ1) is 5.68. The van der Waals surface area contributed by atoms with Crippen molar-refractivity contribution < 1.29 is 0 Å². The molecule has 0 saturated heterocycles. The SMILES string of the molecule is CC1=CCC(CCC(C)C)CC1. The molecule has 0 aromatic heterocycles. The molecule has 70 valence electrons. The van der Waals surface area contributed by atoms with Gasteiger partial charge in [0.1, 0.15) is 0 Å². The molecule has 1 aliphatic carbocycles. The lowest BCUT2D eigenvalue weighted by molar-refractivity contribution is 0.391. The van der Waals surface area contributed by atoms with E-state index in [0.717, 1.165) is 11.8 Å². The summed E-state index contributed by atoms with van der Waals surface area (Å²) in [4.78, 5) is 0. The van der Waals surface area contributed by atoms with E-state index in [1.165, 1.54) is 32.1 Å². The quantitative estimate of drug-likeness (QED) is 0.552. The van der Waals surface area contributed by atoms with Crippen molar-refractivity contribution in [2.45, 2.75) is 52.9 Å². The number of hydrogen-bond acceptors (Lipinski definition) is 0. The molecular formula is C12H22. The van der Waals surface area contributed by atoms with Gasteiger partial charge in [-0.1, -0.05) is 31.9 Å². The Morgan fingerprint density at radius 1 is 1.50 bits per heavy atom. The zero-order chi connectivity index (χ0) is 8.97. The Kier molecular flexibility index (Phi) is 3.84. The summed E-state index contributed by atoms with van der Waals surface area (Å²) < 4.78 is 0. The maximum absolute atomic E-state index is 2.44. The van der Waals surface area contributed by atoms with Gasteiger partial charge < -0.3 is 0 Å². The Labute approximate surface area is 77.1 Å². The third-order valence-corrected chi connectivity index (χ3v) is 2.90. The summed E-state index contributed by atoms with van der Waals surface area (Å²) in [5, 5.41) is 0. The summed E-state index contributed by atoms with van der Waals surface area (Å²) in [6.07, 6.45) is 9.43. The normalized spacial score (nSPS) is 24.3. The minimum atomic E-state index is 0.886. The van der Waals surface area contributed by atoms with E-state index in [2.05, 4.69) is 26.8 Å². The van der Waals surface area contributed by atoms with Crippen LogP contribution in [0.4, 0.5) is 0 Å². The van der Waals surface area contributed by atoms with Crippen LogP contribution in [-0.4, -0.2) is 0 Å². The van der Waals surface area contributed by atoms with Crippen LogP contribution in [0.5, 0.6) is 0 Å². The van der Waals surface area contributed by atoms with Gasteiger partial charge in [-0.25, -0.2) is 0 Å². The third-order valence-electron chi connectivity index (χ3n) is 2.90. The molecule has 0 fully saturated rings. The Balaban J connectivity index is 2.19. The summed E-state index contributed by atoms with van der Waals surface area (Å²) >= 11 is 0. The van der Waals surface area contributed by atoms with Crippen molar-refractivity contribution in [3.8, 4) is 0 Å². The lowest BCUT2D eigenvalue weighted by atomic mass is 9.85. The van der Waals surface area contributed by atoms with Gasteiger partial charge in [-0.15, -0.1) is 0 Å². The van der Waals surface area contributed by atoms with Gasteiger partial charge in [0.25, 0.3) is 0 Å². The molecule has 0 aromatic rings. The van der Waals surface area contributed by atoms with Gasteiger partial charge in [0.15, 0.2) is 0 Å². The van der Waals surface area contributed by atoms with Gasteiger partial charge in [0, 0.05) is 0 Å². The molecule has 0 heteroatoms. The lowest BCUT2D eigenvalue weighted by Gasteiger charge is -2.20. The fourth-order valence-corrected chi connectivity index (χ4v) is 1.85. The second kappa shape index (κ2) is 4.69. The van der Waals surface area contributed by atoms with Crippen LogP contribution in [0.15, 0.2) is 11.6 Å². The Morgan fingerprint density at radius 3 is 2.75 bits per heavy atom. The maximum Gasteiger partial charge on any atom is -0.0320 e.